The molecule has 0 aliphatic carbocycles. The van der Waals surface area contributed by atoms with E-state index in [9.17, 15) is 9.18 Å². The van der Waals surface area contributed by atoms with Crippen molar-refractivity contribution in [3.8, 4) is 11.5 Å². The number of rotatable bonds is 5. The number of pyridine rings is 1. The van der Waals surface area contributed by atoms with E-state index in [1.807, 2.05) is 65.6 Å². The second-order valence-electron chi connectivity index (χ2n) is 9.14. The summed E-state index contributed by atoms with van der Waals surface area (Å²) < 4.78 is 19.6. The van der Waals surface area contributed by atoms with Crippen molar-refractivity contribution in [3.63, 3.8) is 0 Å². The Hall–Kier alpha value is -4.40. The molecule has 0 bridgehead atoms. The van der Waals surface area contributed by atoms with Gasteiger partial charge in [0.1, 0.15) is 12.0 Å². The van der Waals surface area contributed by atoms with Crippen molar-refractivity contribution in [2.45, 2.75) is 31.6 Å². The molecule has 2 aliphatic rings. The molecular formula is C28H25FN6O2. The molecule has 8 nitrogen and oxygen atoms in total. The van der Waals surface area contributed by atoms with E-state index in [-0.39, 0.29) is 24.1 Å². The largest absolute Gasteiger partial charge is 0.403 e. The van der Waals surface area contributed by atoms with Gasteiger partial charge in [0.15, 0.2) is 11.9 Å². The number of benzene rings is 2. The Balaban J connectivity index is 1.30. The van der Waals surface area contributed by atoms with Crippen molar-refractivity contribution in [1.82, 2.24) is 15.2 Å². The number of fused-ring (bicyclic) bond motifs is 1. The molecule has 2 aliphatic heterocycles. The maximum Gasteiger partial charge on any atom is 0.317 e. The van der Waals surface area contributed by atoms with Gasteiger partial charge in [0.2, 0.25) is 0 Å². The van der Waals surface area contributed by atoms with Crippen molar-refractivity contribution < 1.29 is 13.6 Å². The topological polar surface area (TPSA) is 96.5 Å². The highest BCUT2D eigenvalue weighted by Crippen LogP contribution is 2.31. The number of aliphatic imine (C=N–C) groups is 1. The van der Waals surface area contributed by atoms with E-state index in [1.165, 1.54) is 0 Å². The maximum atomic E-state index is 13.7. The summed E-state index contributed by atoms with van der Waals surface area (Å²) in [4.78, 5) is 24.6. The Morgan fingerprint density at radius 3 is 2.51 bits per heavy atom. The first kappa shape index (κ1) is 23.0. The van der Waals surface area contributed by atoms with E-state index in [0.29, 0.717) is 37.3 Å². The minimum absolute atomic E-state index is 0.0905. The van der Waals surface area contributed by atoms with Crippen molar-refractivity contribution in [3.05, 3.63) is 89.6 Å². The van der Waals surface area contributed by atoms with Crippen LogP contribution in [0.2, 0.25) is 0 Å². The molecule has 6 rings (SSSR count). The lowest BCUT2D eigenvalue weighted by Gasteiger charge is -2.30. The van der Waals surface area contributed by atoms with Crippen LogP contribution in [0.3, 0.4) is 0 Å². The lowest BCUT2D eigenvalue weighted by Crippen LogP contribution is -2.35. The van der Waals surface area contributed by atoms with Crippen LogP contribution in [-0.4, -0.2) is 52.1 Å². The first-order chi connectivity index (χ1) is 18.2. The van der Waals surface area contributed by atoms with Crippen molar-refractivity contribution in [2.75, 3.05) is 23.3 Å². The van der Waals surface area contributed by atoms with Gasteiger partial charge in [-0.25, -0.2) is 9.37 Å². The number of piperidine rings is 1. The Bertz CT molecular complexity index is 1450. The van der Waals surface area contributed by atoms with Gasteiger partial charge in [-0.1, -0.05) is 59.7 Å². The van der Waals surface area contributed by atoms with Gasteiger partial charge < -0.3 is 14.6 Å². The van der Waals surface area contributed by atoms with E-state index < -0.39 is 12.3 Å². The van der Waals surface area contributed by atoms with Gasteiger partial charge in [0.05, 0.1) is 11.3 Å². The fraction of sp³-hybridized carbons (Fsp3) is 0.250. The molecule has 4 heterocycles. The number of carbonyl (C=O) groups excluding carboxylic acids is 1. The number of aromatic nitrogens is 3. The highest BCUT2D eigenvalue weighted by Gasteiger charge is 2.28. The molecule has 2 aromatic heterocycles. The van der Waals surface area contributed by atoms with Crippen LogP contribution in [0, 0.1) is 0 Å². The summed E-state index contributed by atoms with van der Waals surface area (Å²) in [7, 11) is 0. The predicted molar refractivity (Wildman–Crippen MR) is 139 cm³/mol. The first-order valence-electron chi connectivity index (χ1n) is 12.3. The lowest BCUT2D eigenvalue weighted by atomic mass is 9.96. The summed E-state index contributed by atoms with van der Waals surface area (Å²) >= 11 is 0. The Labute approximate surface area is 213 Å². The average Bonchev–Trinajstić information content (AvgIpc) is 3.35. The third-order valence-electron chi connectivity index (χ3n) is 6.67. The number of ketones is 1. The van der Waals surface area contributed by atoms with Crippen molar-refractivity contribution in [1.29, 1.82) is 0 Å². The third kappa shape index (κ3) is 4.72. The summed E-state index contributed by atoms with van der Waals surface area (Å²) in [5.41, 5.74) is 4.15. The summed E-state index contributed by atoms with van der Waals surface area (Å²) in [5, 5.41) is 11.4. The van der Waals surface area contributed by atoms with E-state index in [2.05, 4.69) is 20.5 Å². The summed E-state index contributed by atoms with van der Waals surface area (Å²) in [6.45, 7) is 1.14. The van der Waals surface area contributed by atoms with Crippen LogP contribution >= 0.6 is 0 Å². The van der Waals surface area contributed by atoms with E-state index in [1.54, 1.807) is 12.3 Å². The van der Waals surface area contributed by atoms with Gasteiger partial charge in [0, 0.05) is 36.8 Å². The highest BCUT2D eigenvalue weighted by atomic mass is 19.1. The molecule has 4 aromatic rings. The average molecular weight is 497 g/mol. The van der Waals surface area contributed by atoms with Crippen LogP contribution in [0.4, 0.5) is 16.2 Å². The number of nitrogens with one attached hydrogen (secondary N) is 1. The second-order valence-corrected chi connectivity index (χ2v) is 9.14. The van der Waals surface area contributed by atoms with Crippen molar-refractivity contribution >= 4 is 23.3 Å². The normalized spacial score (nSPS) is 18.2. The van der Waals surface area contributed by atoms with Gasteiger partial charge in [0.25, 0.3) is 5.89 Å². The van der Waals surface area contributed by atoms with E-state index in [0.717, 1.165) is 22.4 Å². The molecule has 1 fully saturated rings. The molecule has 9 heteroatoms. The molecule has 1 atom stereocenters. The number of carbonyl (C=O) groups is 1. The van der Waals surface area contributed by atoms with E-state index in [4.69, 9.17) is 9.41 Å². The van der Waals surface area contributed by atoms with Crippen LogP contribution in [0.25, 0.3) is 11.5 Å². The summed E-state index contributed by atoms with van der Waals surface area (Å²) in [6.07, 6.45) is 1.16. The first-order valence-corrected chi connectivity index (χ1v) is 12.3. The number of Topliss-reactive ketones (excluding diaryl/α,β-unsaturated/α-hetero) is 1. The Morgan fingerprint density at radius 1 is 0.919 bits per heavy atom. The van der Waals surface area contributed by atoms with Gasteiger partial charge >= 0.3 is 6.01 Å². The van der Waals surface area contributed by atoms with Crippen LogP contribution < -0.4 is 10.2 Å². The van der Waals surface area contributed by atoms with E-state index >= 15 is 0 Å². The second kappa shape index (κ2) is 9.93. The molecule has 0 spiro atoms. The van der Waals surface area contributed by atoms with Crippen molar-refractivity contribution in [2.24, 2.45) is 4.99 Å². The molecule has 0 radical (unpaired) electrons. The highest BCUT2D eigenvalue weighted by molar-refractivity contribution is 6.16. The lowest BCUT2D eigenvalue weighted by molar-refractivity contribution is -0.119. The van der Waals surface area contributed by atoms with Crippen LogP contribution in [-0.2, 0) is 11.2 Å². The smallest absolute Gasteiger partial charge is 0.317 e. The molecule has 2 aromatic carbocycles. The summed E-state index contributed by atoms with van der Waals surface area (Å²) in [6, 6.07) is 21.3. The number of halogens is 1. The number of hydrogen-bond acceptors (Lipinski definition) is 8. The standard InChI is InChI=1S/C28H25FN6O2/c29-20-12-15-35(16-13-20)26-22(11-6-14-30-26)27-33-34-28(37-27)32-25-23(36)17-19-9-4-5-10-21(19)24(31-25)18-7-2-1-3-8-18/h1-11,14,20,25H,12-13,15-17H2,(H,32,34). The SMILES string of the molecule is O=C1Cc2ccccc2C(c2ccccc2)=NC1Nc1nnc(-c2cccnc2N2CCC(F)CC2)o1. The third-order valence-corrected chi connectivity index (χ3v) is 6.67. The molecule has 0 amide bonds. The molecule has 186 valence electrons. The zero-order valence-electron chi connectivity index (χ0n) is 20.0. The number of nitrogens with zero attached hydrogens (tertiary/aromatic N) is 5. The maximum absolute atomic E-state index is 13.7. The van der Waals surface area contributed by atoms with Crippen LogP contribution in [0.1, 0.15) is 29.5 Å². The molecule has 37 heavy (non-hydrogen) atoms. The van der Waals surface area contributed by atoms with Gasteiger partial charge in [-0.05, 0) is 30.5 Å². The van der Waals surface area contributed by atoms with Gasteiger partial charge in [-0.3, -0.25) is 9.79 Å². The fourth-order valence-corrected chi connectivity index (χ4v) is 4.78. The van der Waals surface area contributed by atoms with Gasteiger partial charge in [-0.15, -0.1) is 5.10 Å². The predicted octanol–water partition coefficient (Wildman–Crippen LogP) is 4.47. The Kier molecular flexibility index (Phi) is 6.18. The summed E-state index contributed by atoms with van der Waals surface area (Å²) in [5.74, 6) is 0.842. The molecule has 1 unspecified atom stereocenters. The quantitative estimate of drug-likeness (QED) is 0.435. The minimum atomic E-state index is -0.896. The van der Waals surface area contributed by atoms with Gasteiger partial charge in [-0.2, -0.15) is 0 Å². The molecular weight excluding hydrogens is 471 g/mol. The molecule has 1 saturated heterocycles. The molecule has 0 saturated carbocycles. The zero-order chi connectivity index (χ0) is 25.2. The van der Waals surface area contributed by atoms with Crippen LogP contribution in [0.15, 0.2) is 82.3 Å². The monoisotopic (exact) mass is 496 g/mol. The van der Waals surface area contributed by atoms with Crippen LogP contribution in [0.5, 0.6) is 0 Å². The minimum Gasteiger partial charge on any atom is -0.403 e. The zero-order valence-corrected chi connectivity index (χ0v) is 20.0. The fourth-order valence-electron chi connectivity index (χ4n) is 4.78. The number of alkyl halides is 1. The number of hydrogen-bond donors (Lipinski definition) is 1. The number of anilines is 2. The Morgan fingerprint density at radius 2 is 1.68 bits per heavy atom. The molecule has 1 N–H and O–H groups in total.